The molecule has 1 atom stereocenters. The van der Waals surface area contributed by atoms with E-state index in [1.165, 1.54) is 0 Å². The molecular formula is C24H31N5O3. The Bertz CT molecular complexity index is 927. The number of likely N-dealkylation sites (tertiary alicyclic amines) is 1. The zero-order chi connectivity index (χ0) is 22.3. The van der Waals surface area contributed by atoms with Gasteiger partial charge >= 0.3 is 0 Å². The van der Waals surface area contributed by atoms with Gasteiger partial charge in [-0.3, -0.25) is 9.59 Å². The minimum absolute atomic E-state index is 0.0334. The highest BCUT2D eigenvalue weighted by molar-refractivity contribution is 5.95. The number of hydrogen-bond acceptors (Lipinski definition) is 6. The van der Waals surface area contributed by atoms with Crippen LogP contribution in [0.4, 0.5) is 11.5 Å². The molecule has 32 heavy (non-hydrogen) atoms. The smallest absolute Gasteiger partial charge is 0.253 e. The number of nitrogens with zero attached hydrogens (tertiary/aromatic N) is 4. The molecule has 0 bridgehead atoms. The number of morpholine rings is 1. The molecule has 2 saturated heterocycles. The minimum atomic E-state index is -0.0390. The van der Waals surface area contributed by atoms with Gasteiger partial charge in [-0.25, -0.2) is 9.97 Å². The second-order valence-electron chi connectivity index (χ2n) is 8.37. The van der Waals surface area contributed by atoms with Gasteiger partial charge in [-0.05, 0) is 49.1 Å². The van der Waals surface area contributed by atoms with Crippen LogP contribution in [0.25, 0.3) is 0 Å². The van der Waals surface area contributed by atoms with Crippen LogP contribution < -0.4 is 10.2 Å². The number of carbonyl (C=O) groups is 2. The summed E-state index contributed by atoms with van der Waals surface area (Å²) in [6.45, 7) is 6.43. The van der Waals surface area contributed by atoms with E-state index in [4.69, 9.17) is 9.72 Å². The second kappa shape index (κ2) is 10.5. The number of nitrogens with one attached hydrogen (secondary N) is 1. The summed E-state index contributed by atoms with van der Waals surface area (Å²) < 4.78 is 5.43. The predicted molar refractivity (Wildman–Crippen MR) is 123 cm³/mol. The summed E-state index contributed by atoms with van der Waals surface area (Å²) in [7, 11) is 0. The molecule has 2 aliphatic heterocycles. The van der Waals surface area contributed by atoms with Crippen LogP contribution in [0.15, 0.2) is 36.5 Å². The Labute approximate surface area is 189 Å². The maximum Gasteiger partial charge on any atom is 0.253 e. The fraction of sp³-hybridized carbons (Fsp3) is 0.500. The molecule has 3 heterocycles. The third kappa shape index (κ3) is 5.62. The molecule has 1 N–H and O–H groups in total. The molecule has 4 rings (SSSR count). The second-order valence-corrected chi connectivity index (χ2v) is 8.37. The summed E-state index contributed by atoms with van der Waals surface area (Å²) in [4.78, 5) is 38.0. The fourth-order valence-corrected chi connectivity index (χ4v) is 4.26. The molecule has 1 aromatic heterocycles. The monoisotopic (exact) mass is 437 g/mol. The van der Waals surface area contributed by atoms with E-state index >= 15 is 0 Å². The summed E-state index contributed by atoms with van der Waals surface area (Å²) in [6.07, 6.45) is 5.07. The van der Waals surface area contributed by atoms with Crippen LogP contribution >= 0.6 is 0 Å². The Morgan fingerprint density at radius 2 is 1.91 bits per heavy atom. The summed E-state index contributed by atoms with van der Waals surface area (Å²) in [5.41, 5.74) is 1.35. The van der Waals surface area contributed by atoms with Crippen molar-refractivity contribution >= 4 is 23.3 Å². The van der Waals surface area contributed by atoms with Crippen LogP contribution in [-0.2, 0) is 16.0 Å². The summed E-state index contributed by atoms with van der Waals surface area (Å²) in [5.74, 6) is 2.13. The number of piperidine rings is 1. The van der Waals surface area contributed by atoms with Crippen molar-refractivity contribution in [2.75, 3.05) is 49.6 Å². The molecular weight excluding hydrogens is 406 g/mol. The van der Waals surface area contributed by atoms with Crippen molar-refractivity contribution in [3.63, 3.8) is 0 Å². The maximum atomic E-state index is 13.0. The number of carbonyl (C=O) groups excluding carboxylic acids is 2. The van der Waals surface area contributed by atoms with Crippen molar-refractivity contribution in [3.05, 3.63) is 47.9 Å². The standard InChI is InChI=1S/C24H31N5O3/c1-2-23(30)26-20-7-5-19(6-8-20)24(31)29-11-3-4-18(17-29)16-21-25-10-9-22(27-21)28-12-14-32-15-13-28/h5-10,18H,2-4,11-17H2,1H3,(H,26,30)/t18-/m0/s1. The number of amides is 2. The van der Waals surface area contributed by atoms with Gasteiger partial charge in [0.25, 0.3) is 5.91 Å². The van der Waals surface area contributed by atoms with Crippen LogP contribution in [0.2, 0.25) is 0 Å². The van der Waals surface area contributed by atoms with Gasteiger partial charge in [0.2, 0.25) is 5.91 Å². The van der Waals surface area contributed by atoms with Crippen LogP contribution in [-0.4, -0.2) is 66.1 Å². The molecule has 0 spiro atoms. The topological polar surface area (TPSA) is 87.7 Å². The molecule has 2 amide bonds. The lowest BCUT2D eigenvalue weighted by Gasteiger charge is -2.33. The van der Waals surface area contributed by atoms with Gasteiger partial charge < -0.3 is 19.9 Å². The number of anilines is 2. The van der Waals surface area contributed by atoms with Gasteiger partial charge in [-0.15, -0.1) is 0 Å². The molecule has 8 nitrogen and oxygen atoms in total. The lowest BCUT2D eigenvalue weighted by atomic mass is 9.94. The molecule has 8 heteroatoms. The first-order valence-electron chi connectivity index (χ1n) is 11.5. The average molecular weight is 438 g/mol. The van der Waals surface area contributed by atoms with Crippen molar-refractivity contribution in [2.24, 2.45) is 5.92 Å². The molecule has 2 aromatic rings. The van der Waals surface area contributed by atoms with Crippen LogP contribution in [0.1, 0.15) is 42.4 Å². The van der Waals surface area contributed by atoms with Gasteiger partial charge in [-0.2, -0.15) is 0 Å². The van der Waals surface area contributed by atoms with E-state index in [9.17, 15) is 9.59 Å². The summed E-state index contributed by atoms with van der Waals surface area (Å²) in [6, 6.07) is 9.09. The van der Waals surface area contributed by atoms with Crippen molar-refractivity contribution in [1.29, 1.82) is 0 Å². The largest absolute Gasteiger partial charge is 0.378 e. The zero-order valence-corrected chi connectivity index (χ0v) is 18.6. The molecule has 0 saturated carbocycles. The molecule has 170 valence electrons. The molecule has 0 unspecified atom stereocenters. The van der Waals surface area contributed by atoms with Gasteiger partial charge in [0.15, 0.2) is 0 Å². The zero-order valence-electron chi connectivity index (χ0n) is 18.6. The van der Waals surface area contributed by atoms with Crippen molar-refractivity contribution < 1.29 is 14.3 Å². The Kier molecular flexibility index (Phi) is 7.32. The fourth-order valence-electron chi connectivity index (χ4n) is 4.26. The lowest BCUT2D eigenvalue weighted by molar-refractivity contribution is -0.115. The van der Waals surface area contributed by atoms with E-state index in [2.05, 4.69) is 15.2 Å². The number of benzene rings is 1. The molecule has 0 aliphatic carbocycles. The van der Waals surface area contributed by atoms with Crippen LogP contribution in [0.3, 0.4) is 0 Å². The van der Waals surface area contributed by atoms with Gasteiger partial charge in [0.1, 0.15) is 11.6 Å². The highest BCUT2D eigenvalue weighted by Gasteiger charge is 2.25. The average Bonchev–Trinajstić information content (AvgIpc) is 2.85. The van der Waals surface area contributed by atoms with E-state index in [-0.39, 0.29) is 11.8 Å². The van der Waals surface area contributed by atoms with Crippen LogP contribution in [0.5, 0.6) is 0 Å². The Balaban J connectivity index is 1.36. The number of ether oxygens (including phenoxy) is 1. The molecule has 0 radical (unpaired) electrons. The third-order valence-electron chi connectivity index (χ3n) is 6.04. The molecule has 2 fully saturated rings. The highest BCUT2D eigenvalue weighted by Crippen LogP contribution is 2.23. The van der Waals surface area contributed by atoms with E-state index < -0.39 is 0 Å². The van der Waals surface area contributed by atoms with Crippen LogP contribution in [0, 0.1) is 5.92 Å². The maximum absolute atomic E-state index is 13.0. The first-order valence-corrected chi connectivity index (χ1v) is 11.5. The van der Waals surface area contributed by atoms with E-state index in [0.717, 1.165) is 63.8 Å². The van der Waals surface area contributed by atoms with E-state index in [0.29, 0.717) is 30.1 Å². The Morgan fingerprint density at radius 1 is 1.12 bits per heavy atom. The van der Waals surface area contributed by atoms with Crippen molar-refractivity contribution in [2.45, 2.75) is 32.6 Å². The first-order chi connectivity index (χ1) is 15.6. The first kappa shape index (κ1) is 22.2. The molecule has 1 aromatic carbocycles. The summed E-state index contributed by atoms with van der Waals surface area (Å²) in [5, 5.41) is 2.81. The number of rotatable bonds is 6. The Hall–Kier alpha value is -3.00. The Morgan fingerprint density at radius 3 is 2.66 bits per heavy atom. The van der Waals surface area contributed by atoms with Crippen molar-refractivity contribution in [3.8, 4) is 0 Å². The number of hydrogen-bond donors (Lipinski definition) is 1. The normalized spacial score (nSPS) is 19.0. The van der Waals surface area contributed by atoms with Crippen molar-refractivity contribution in [1.82, 2.24) is 14.9 Å². The quantitative estimate of drug-likeness (QED) is 0.748. The van der Waals surface area contributed by atoms with E-state index in [1.807, 2.05) is 24.1 Å². The van der Waals surface area contributed by atoms with Gasteiger partial charge in [0, 0.05) is 56.5 Å². The third-order valence-corrected chi connectivity index (χ3v) is 6.04. The van der Waals surface area contributed by atoms with Gasteiger partial charge in [0.05, 0.1) is 13.2 Å². The minimum Gasteiger partial charge on any atom is -0.378 e. The SMILES string of the molecule is CCC(=O)Nc1ccc(C(=O)N2CCC[C@@H](Cc3nccc(N4CCOCC4)n3)C2)cc1. The van der Waals surface area contributed by atoms with Gasteiger partial charge in [-0.1, -0.05) is 6.92 Å². The lowest BCUT2D eigenvalue weighted by Crippen LogP contribution is -2.40. The van der Waals surface area contributed by atoms with E-state index in [1.54, 1.807) is 24.3 Å². The number of aromatic nitrogens is 2. The predicted octanol–water partition coefficient (Wildman–Crippen LogP) is 2.76. The highest BCUT2D eigenvalue weighted by atomic mass is 16.5. The summed E-state index contributed by atoms with van der Waals surface area (Å²) >= 11 is 0. The molecule has 2 aliphatic rings.